The van der Waals surface area contributed by atoms with E-state index in [-0.39, 0.29) is 11.7 Å². The molecule has 27 heavy (non-hydrogen) atoms. The maximum atomic E-state index is 12.9. The average molecular weight is 355 g/mol. The Hall–Kier alpha value is -3.33. The van der Waals surface area contributed by atoms with Crippen LogP contribution in [0, 0.1) is 0 Å². The highest BCUT2D eigenvalue weighted by atomic mass is 16.5. The van der Waals surface area contributed by atoms with Crippen LogP contribution in [0.4, 0.5) is 0 Å². The molecule has 0 aliphatic carbocycles. The van der Waals surface area contributed by atoms with Gasteiger partial charge in [0.25, 0.3) is 0 Å². The number of hydrogen-bond donors (Lipinski definition) is 1. The summed E-state index contributed by atoms with van der Waals surface area (Å²) in [4.78, 5) is 16.3. The van der Waals surface area contributed by atoms with Gasteiger partial charge in [0.05, 0.1) is 7.11 Å². The molecule has 0 bridgehead atoms. The summed E-state index contributed by atoms with van der Waals surface area (Å²) >= 11 is 0. The second kappa shape index (κ2) is 7.50. The van der Waals surface area contributed by atoms with Crippen LogP contribution in [-0.2, 0) is 0 Å². The van der Waals surface area contributed by atoms with E-state index < -0.39 is 0 Å². The molecule has 134 valence electrons. The number of nitrogens with one attached hydrogen (secondary N) is 1. The summed E-state index contributed by atoms with van der Waals surface area (Å²) in [6.45, 7) is 0. The minimum absolute atomic E-state index is 0.0280. The first-order chi connectivity index (χ1) is 13.3. The van der Waals surface area contributed by atoms with Gasteiger partial charge in [-0.25, -0.2) is 0 Å². The molecule has 0 spiro atoms. The summed E-state index contributed by atoms with van der Waals surface area (Å²) in [5.74, 6) is 0.922. The molecule has 0 saturated carbocycles. The van der Waals surface area contributed by atoms with E-state index in [4.69, 9.17) is 4.74 Å². The van der Waals surface area contributed by atoms with Crippen LogP contribution in [-0.4, -0.2) is 17.9 Å². The molecule has 1 aromatic heterocycles. The molecule has 1 N–H and O–H groups in total. The number of H-pyrrole nitrogens is 1. The van der Waals surface area contributed by atoms with Crippen molar-refractivity contribution >= 4 is 16.7 Å². The monoisotopic (exact) mass is 355 g/mol. The Morgan fingerprint density at radius 2 is 1.67 bits per heavy atom. The molecule has 0 saturated heterocycles. The van der Waals surface area contributed by atoms with E-state index in [1.807, 2.05) is 72.9 Å². The maximum Gasteiger partial charge on any atom is 0.163 e. The van der Waals surface area contributed by atoms with Crippen LogP contribution in [0.15, 0.2) is 85.1 Å². The lowest BCUT2D eigenvalue weighted by atomic mass is 9.85. The number of fused-ring (bicyclic) bond motifs is 1. The van der Waals surface area contributed by atoms with Gasteiger partial charge < -0.3 is 9.72 Å². The van der Waals surface area contributed by atoms with Crippen molar-refractivity contribution in [1.82, 2.24) is 4.98 Å². The predicted molar refractivity (Wildman–Crippen MR) is 109 cm³/mol. The molecule has 0 aliphatic heterocycles. The molecule has 1 unspecified atom stereocenters. The molecule has 0 fully saturated rings. The lowest BCUT2D eigenvalue weighted by Gasteiger charge is -2.17. The van der Waals surface area contributed by atoms with Gasteiger partial charge in [-0.1, -0.05) is 60.7 Å². The molecule has 3 heteroatoms. The van der Waals surface area contributed by atoms with Gasteiger partial charge in [0, 0.05) is 35.0 Å². The number of aromatic nitrogens is 1. The van der Waals surface area contributed by atoms with Gasteiger partial charge in [0.15, 0.2) is 5.78 Å². The van der Waals surface area contributed by atoms with Gasteiger partial charge in [-0.2, -0.15) is 0 Å². The van der Waals surface area contributed by atoms with Crippen molar-refractivity contribution < 1.29 is 9.53 Å². The van der Waals surface area contributed by atoms with Crippen LogP contribution in [0.5, 0.6) is 5.75 Å². The zero-order chi connectivity index (χ0) is 18.6. The lowest BCUT2D eigenvalue weighted by Crippen LogP contribution is -2.09. The van der Waals surface area contributed by atoms with Gasteiger partial charge in [0.2, 0.25) is 0 Å². The van der Waals surface area contributed by atoms with E-state index in [1.165, 1.54) is 0 Å². The molecule has 0 radical (unpaired) electrons. The van der Waals surface area contributed by atoms with E-state index >= 15 is 0 Å². The highest BCUT2D eigenvalue weighted by Crippen LogP contribution is 2.35. The van der Waals surface area contributed by atoms with E-state index in [2.05, 4.69) is 17.1 Å². The summed E-state index contributed by atoms with van der Waals surface area (Å²) in [7, 11) is 1.67. The van der Waals surface area contributed by atoms with Gasteiger partial charge in [-0.3, -0.25) is 4.79 Å². The van der Waals surface area contributed by atoms with Crippen molar-refractivity contribution in [3.05, 3.63) is 102 Å². The first kappa shape index (κ1) is 17.1. The Bertz CT molecular complexity index is 1050. The Morgan fingerprint density at radius 1 is 0.963 bits per heavy atom. The Kier molecular flexibility index (Phi) is 4.75. The number of carbonyl (C=O) groups is 1. The van der Waals surface area contributed by atoms with E-state index in [0.717, 1.165) is 33.3 Å². The fourth-order valence-electron chi connectivity index (χ4n) is 3.56. The number of hydrogen-bond acceptors (Lipinski definition) is 2. The average Bonchev–Trinajstić information content (AvgIpc) is 3.16. The molecule has 4 rings (SSSR count). The number of ketones is 1. The Morgan fingerprint density at radius 3 is 2.37 bits per heavy atom. The Labute approximate surface area is 158 Å². The third-order valence-corrected chi connectivity index (χ3v) is 4.98. The molecule has 3 nitrogen and oxygen atoms in total. The normalized spacial score (nSPS) is 12.0. The molecule has 0 aliphatic rings. The summed E-state index contributed by atoms with van der Waals surface area (Å²) < 4.78 is 5.40. The smallest absolute Gasteiger partial charge is 0.163 e. The van der Waals surface area contributed by atoms with Crippen molar-refractivity contribution in [3.63, 3.8) is 0 Å². The number of aromatic amines is 1. The van der Waals surface area contributed by atoms with Gasteiger partial charge >= 0.3 is 0 Å². The highest BCUT2D eigenvalue weighted by molar-refractivity contribution is 5.97. The number of methoxy groups -OCH3 is 1. The van der Waals surface area contributed by atoms with Gasteiger partial charge in [-0.15, -0.1) is 0 Å². The molecule has 4 aromatic rings. The zero-order valence-electron chi connectivity index (χ0n) is 15.2. The molecular formula is C24H21NO2. The number of benzene rings is 3. The standard InChI is InChI=1S/C24H21NO2/c1-27-19-12-13-23-21(14-19)22(16-25-23)20(17-8-4-2-5-9-17)15-24(26)18-10-6-3-7-11-18/h2-14,16,20,25H,15H2,1H3. The van der Waals surface area contributed by atoms with Crippen LogP contribution in [0.1, 0.15) is 33.8 Å². The largest absolute Gasteiger partial charge is 0.497 e. The SMILES string of the molecule is COc1ccc2[nH]cc(C(CC(=O)c3ccccc3)c3ccccc3)c2c1. The minimum atomic E-state index is -0.0280. The molecule has 1 heterocycles. The third-order valence-electron chi connectivity index (χ3n) is 4.98. The van der Waals surface area contributed by atoms with E-state index in [9.17, 15) is 4.79 Å². The molecular weight excluding hydrogens is 334 g/mol. The number of carbonyl (C=O) groups excluding carboxylic acids is 1. The molecule has 0 amide bonds. The van der Waals surface area contributed by atoms with Crippen LogP contribution in [0.25, 0.3) is 10.9 Å². The molecule has 1 atom stereocenters. The zero-order valence-corrected chi connectivity index (χ0v) is 15.2. The second-order valence-corrected chi connectivity index (χ2v) is 6.61. The summed E-state index contributed by atoms with van der Waals surface area (Å²) in [6, 6.07) is 25.7. The summed E-state index contributed by atoms with van der Waals surface area (Å²) in [6.07, 6.45) is 2.43. The predicted octanol–water partition coefficient (Wildman–Crippen LogP) is 5.58. The fraction of sp³-hybridized carbons (Fsp3) is 0.125. The first-order valence-corrected chi connectivity index (χ1v) is 9.04. The summed E-state index contributed by atoms with van der Waals surface area (Å²) in [5, 5.41) is 1.09. The van der Waals surface area contributed by atoms with E-state index in [1.54, 1.807) is 7.11 Å². The van der Waals surface area contributed by atoms with Crippen LogP contribution >= 0.6 is 0 Å². The fourth-order valence-corrected chi connectivity index (χ4v) is 3.56. The van der Waals surface area contributed by atoms with Gasteiger partial charge in [-0.05, 0) is 29.3 Å². The number of Topliss-reactive ketones (excluding diaryl/α,β-unsaturated/α-hetero) is 1. The highest BCUT2D eigenvalue weighted by Gasteiger charge is 2.22. The second-order valence-electron chi connectivity index (χ2n) is 6.61. The first-order valence-electron chi connectivity index (χ1n) is 9.04. The van der Waals surface area contributed by atoms with Crippen molar-refractivity contribution in [3.8, 4) is 5.75 Å². The molecule has 3 aromatic carbocycles. The Balaban J connectivity index is 1.78. The van der Waals surface area contributed by atoms with Crippen molar-refractivity contribution in [2.24, 2.45) is 0 Å². The minimum Gasteiger partial charge on any atom is -0.497 e. The third kappa shape index (κ3) is 3.49. The van der Waals surface area contributed by atoms with Crippen LogP contribution < -0.4 is 4.74 Å². The van der Waals surface area contributed by atoms with Gasteiger partial charge in [0.1, 0.15) is 5.75 Å². The number of ether oxygens (including phenoxy) is 1. The quantitative estimate of drug-likeness (QED) is 0.459. The van der Waals surface area contributed by atoms with Crippen molar-refractivity contribution in [2.45, 2.75) is 12.3 Å². The summed E-state index contributed by atoms with van der Waals surface area (Å²) in [5.41, 5.74) is 4.03. The van der Waals surface area contributed by atoms with Crippen molar-refractivity contribution in [1.29, 1.82) is 0 Å². The van der Waals surface area contributed by atoms with Crippen LogP contribution in [0.3, 0.4) is 0 Å². The van der Waals surface area contributed by atoms with E-state index in [0.29, 0.717) is 6.42 Å². The lowest BCUT2D eigenvalue weighted by molar-refractivity contribution is 0.0978. The van der Waals surface area contributed by atoms with Crippen molar-refractivity contribution in [2.75, 3.05) is 7.11 Å². The maximum absolute atomic E-state index is 12.9. The topological polar surface area (TPSA) is 42.1 Å². The number of rotatable bonds is 6. The van der Waals surface area contributed by atoms with Crippen LogP contribution in [0.2, 0.25) is 0 Å².